The van der Waals surface area contributed by atoms with Crippen LogP contribution in [0.4, 0.5) is 0 Å². The zero-order chi connectivity index (χ0) is 15.4. The van der Waals surface area contributed by atoms with E-state index in [1.807, 2.05) is 11.8 Å². The molecular formula is C14H24N4O3. The zero-order valence-corrected chi connectivity index (χ0v) is 13.1. The van der Waals surface area contributed by atoms with Crippen molar-refractivity contribution in [2.45, 2.75) is 51.8 Å². The molecule has 1 fully saturated rings. The fourth-order valence-electron chi connectivity index (χ4n) is 2.54. The van der Waals surface area contributed by atoms with E-state index in [1.54, 1.807) is 7.11 Å². The van der Waals surface area contributed by atoms with E-state index in [9.17, 15) is 4.79 Å². The Morgan fingerprint density at radius 3 is 2.76 bits per heavy atom. The molecule has 1 aromatic heterocycles. The first-order valence-electron chi connectivity index (χ1n) is 7.38. The summed E-state index contributed by atoms with van der Waals surface area (Å²) >= 11 is 0. The number of piperazine rings is 1. The number of aryl methyl sites for hydroxylation is 1. The van der Waals surface area contributed by atoms with Crippen molar-refractivity contribution in [3.63, 3.8) is 0 Å². The van der Waals surface area contributed by atoms with Gasteiger partial charge in [0, 0.05) is 45.1 Å². The number of hydrogen-bond donors (Lipinski definition) is 1. The van der Waals surface area contributed by atoms with E-state index in [-0.39, 0.29) is 12.0 Å². The lowest BCUT2D eigenvalue weighted by Gasteiger charge is -2.36. The molecule has 1 N–H and O–H groups in total. The van der Waals surface area contributed by atoms with E-state index in [2.05, 4.69) is 29.3 Å². The summed E-state index contributed by atoms with van der Waals surface area (Å²) in [7, 11) is 1.59. The van der Waals surface area contributed by atoms with Crippen LogP contribution in [0.3, 0.4) is 0 Å². The van der Waals surface area contributed by atoms with Gasteiger partial charge in [0.05, 0.1) is 0 Å². The second kappa shape index (κ2) is 7.00. The maximum Gasteiger partial charge on any atom is 0.227 e. The van der Waals surface area contributed by atoms with Crippen LogP contribution < -0.4 is 5.32 Å². The number of aromatic nitrogens is 2. The van der Waals surface area contributed by atoms with Gasteiger partial charge >= 0.3 is 0 Å². The lowest BCUT2D eigenvalue weighted by molar-refractivity contribution is -0.133. The number of methoxy groups -OCH3 is 1. The Balaban J connectivity index is 1.85. The molecule has 0 aromatic carbocycles. The smallest absolute Gasteiger partial charge is 0.227 e. The van der Waals surface area contributed by atoms with Crippen molar-refractivity contribution in [1.29, 1.82) is 0 Å². The molecule has 1 saturated heterocycles. The van der Waals surface area contributed by atoms with E-state index in [0.29, 0.717) is 36.6 Å². The molecule has 0 bridgehead atoms. The molecule has 1 aliphatic rings. The van der Waals surface area contributed by atoms with E-state index in [4.69, 9.17) is 9.26 Å². The van der Waals surface area contributed by atoms with Crippen molar-refractivity contribution in [2.75, 3.05) is 20.2 Å². The largest absolute Gasteiger partial charge is 0.374 e. The highest BCUT2D eigenvalue weighted by Crippen LogP contribution is 2.13. The average molecular weight is 296 g/mol. The summed E-state index contributed by atoms with van der Waals surface area (Å²) in [5.74, 6) is 1.14. The van der Waals surface area contributed by atoms with E-state index in [1.165, 1.54) is 0 Å². The minimum atomic E-state index is -0.201. The fourth-order valence-corrected chi connectivity index (χ4v) is 2.54. The predicted molar refractivity (Wildman–Crippen MR) is 76.7 cm³/mol. The molecule has 0 unspecified atom stereocenters. The minimum absolute atomic E-state index is 0.134. The van der Waals surface area contributed by atoms with Gasteiger partial charge in [-0.1, -0.05) is 5.16 Å². The molecule has 0 saturated carbocycles. The van der Waals surface area contributed by atoms with Crippen LogP contribution in [0, 0.1) is 0 Å². The molecule has 7 heteroatoms. The summed E-state index contributed by atoms with van der Waals surface area (Å²) in [6.07, 6.45) is 0.658. The van der Waals surface area contributed by atoms with Crippen LogP contribution >= 0.6 is 0 Å². The third kappa shape index (κ3) is 4.25. The number of carbonyl (C=O) groups excluding carboxylic acids is 1. The van der Waals surface area contributed by atoms with Gasteiger partial charge in [-0.15, -0.1) is 0 Å². The summed E-state index contributed by atoms with van der Waals surface area (Å²) in [5, 5.41) is 7.27. The summed E-state index contributed by atoms with van der Waals surface area (Å²) in [5.41, 5.74) is 0. The number of rotatable bonds is 5. The normalized spacial score (nSPS) is 24.1. The SMILES string of the molecule is CO[C@H](C)c1noc(CCC(=O)N2C[C@@H](C)N[C@H](C)C2)n1. The summed E-state index contributed by atoms with van der Waals surface area (Å²) < 4.78 is 10.3. The number of ether oxygens (including phenoxy) is 1. The highest BCUT2D eigenvalue weighted by molar-refractivity contribution is 5.76. The first kappa shape index (κ1) is 15.9. The van der Waals surface area contributed by atoms with Crippen LogP contribution in [0.2, 0.25) is 0 Å². The molecule has 0 radical (unpaired) electrons. The quantitative estimate of drug-likeness (QED) is 0.870. The van der Waals surface area contributed by atoms with Gasteiger partial charge in [0.1, 0.15) is 6.10 Å². The first-order valence-corrected chi connectivity index (χ1v) is 7.38. The molecule has 7 nitrogen and oxygen atoms in total. The number of carbonyl (C=O) groups is 1. The Morgan fingerprint density at radius 1 is 1.48 bits per heavy atom. The van der Waals surface area contributed by atoms with Crippen molar-refractivity contribution in [2.24, 2.45) is 0 Å². The molecule has 1 aliphatic heterocycles. The summed E-state index contributed by atoms with van der Waals surface area (Å²) in [6.45, 7) is 7.53. The molecule has 1 amide bonds. The topological polar surface area (TPSA) is 80.5 Å². The maximum absolute atomic E-state index is 12.2. The predicted octanol–water partition coefficient (Wildman–Crippen LogP) is 0.918. The third-order valence-corrected chi connectivity index (χ3v) is 3.66. The lowest BCUT2D eigenvalue weighted by atomic mass is 10.1. The molecule has 21 heavy (non-hydrogen) atoms. The first-order chi connectivity index (χ1) is 9.99. The van der Waals surface area contributed by atoms with Crippen molar-refractivity contribution in [1.82, 2.24) is 20.4 Å². The van der Waals surface area contributed by atoms with Crippen molar-refractivity contribution < 1.29 is 14.1 Å². The molecule has 0 aliphatic carbocycles. The highest BCUT2D eigenvalue weighted by atomic mass is 16.5. The Kier molecular flexibility index (Phi) is 5.30. The molecule has 2 heterocycles. The van der Waals surface area contributed by atoms with Crippen molar-refractivity contribution in [3.05, 3.63) is 11.7 Å². The van der Waals surface area contributed by atoms with Crippen molar-refractivity contribution in [3.8, 4) is 0 Å². The van der Waals surface area contributed by atoms with E-state index >= 15 is 0 Å². The van der Waals surface area contributed by atoms with Gasteiger partial charge in [0.2, 0.25) is 11.8 Å². The second-order valence-electron chi connectivity index (χ2n) is 5.69. The highest BCUT2D eigenvalue weighted by Gasteiger charge is 2.25. The van der Waals surface area contributed by atoms with Crippen molar-refractivity contribution >= 4 is 5.91 Å². The average Bonchev–Trinajstić information content (AvgIpc) is 2.91. The minimum Gasteiger partial charge on any atom is -0.374 e. The van der Waals surface area contributed by atoms with E-state index in [0.717, 1.165) is 13.1 Å². The van der Waals surface area contributed by atoms with Gasteiger partial charge < -0.3 is 19.5 Å². The van der Waals surface area contributed by atoms with Gasteiger partial charge in [0.15, 0.2) is 5.82 Å². The van der Waals surface area contributed by atoms with Gasteiger partial charge in [-0.3, -0.25) is 4.79 Å². The molecule has 118 valence electrons. The van der Waals surface area contributed by atoms with Gasteiger partial charge in [-0.05, 0) is 20.8 Å². The number of hydrogen-bond acceptors (Lipinski definition) is 6. The van der Waals surface area contributed by atoms with Gasteiger partial charge in [-0.2, -0.15) is 4.98 Å². The Labute approximate surface area is 125 Å². The van der Waals surface area contributed by atoms with Crippen LogP contribution in [-0.4, -0.2) is 53.2 Å². The van der Waals surface area contributed by atoms with Gasteiger partial charge in [0.25, 0.3) is 0 Å². The van der Waals surface area contributed by atoms with Crippen LogP contribution in [0.25, 0.3) is 0 Å². The number of nitrogens with one attached hydrogen (secondary N) is 1. The lowest BCUT2D eigenvalue weighted by Crippen LogP contribution is -2.55. The Bertz CT molecular complexity index is 467. The molecule has 0 spiro atoms. The monoisotopic (exact) mass is 296 g/mol. The summed E-state index contributed by atoms with van der Waals surface area (Å²) in [6, 6.07) is 0.658. The maximum atomic E-state index is 12.2. The fraction of sp³-hybridized carbons (Fsp3) is 0.786. The molecule has 3 atom stereocenters. The molecule has 2 rings (SSSR count). The second-order valence-corrected chi connectivity index (χ2v) is 5.69. The van der Waals surface area contributed by atoms with Crippen LogP contribution in [-0.2, 0) is 16.0 Å². The van der Waals surface area contributed by atoms with Gasteiger partial charge in [-0.25, -0.2) is 0 Å². The van der Waals surface area contributed by atoms with E-state index < -0.39 is 0 Å². The third-order valence-electron chi connectivity index (χ3n) is 3.66. The standard InChI is InChI=1S/C14H24N4O3/c1-9-7-18(8-10(2)15-9)13(19)6-5-12-16-14(17-21-12)11(3)20-4/h9-11,15H,5-8H2,1-4H3/t9-,10-,11-/m1/s1. The Hall–Kier alpha value is -1.47. The number of nitrogens with zero attached hydrogens (tertiary/aromatic N) is 3. The van der Waals surface area contributed by atoms with Crippen LogP contribution in [0.15, 0.2) is 4.52 Å². The molecular weight excluding hydrogens is 272 g/mol. The van der Waals surface area contributed by atoms with Crippen LogP contribution in [0.5, 0.6) is 0 Å². The number of amides is 1. The molecule has 1 aromatic rings. The summed E-state index contributed by atoms with van der Waals surface area (Å²) in [4.78, 5) is 18.4. The van der Waals surface area contributed by atoms with Crippen LogP contribution in [0.1, 0.15) is 45.0 Å². The zero-order valence-electron chi connectivity index (χ0n) is 13.1. The Morgan fingerprint density at radius 2 is 2.14 bits per heavy atom.